The number of nitriles is 1. The first-order chi connectivity index (χ1) is 7.70. The molecule has 0 unspecified atom stereocenters. The van der Waals surface area contributed by atoms with E-state index in [1.165, 1.54) is 0 Å². The van der Waals surface area contributed by atoms with Crippen molar-refractivity contribution in [2.24, 2.45) is 7.05 Å². The van der Waals surface area contributed by atoms with E-state index in [-0.39, 0.29) is 0 Å². The normalized spacial score (nSPS) is 9.75. The summed E-state index contributed by atoms with van der Waals surface area (Å²) in [6.45, 7) is 0. The third-order valence-corrected chi connectivity index (χ3v) is 2.20. The second-order valence-corrected chi connectivity index (χ2v) is 3.38. The quantitative estimate of drug-likeness (QED) is 0.743. The predicted molar refractivity (Wildman–Crippen MR) is 62.1 cm³/mol. The first-order valence-corrected chi connectivity index (χ1v) is 4.76. The molecule has 80 valence electrons. The van der Waals surface area contributed by atoms with Crippen LogP contribution in [-0.4, -0.2) is 9.78 Å². The average Bonchev–Trinajstić information content (AvgIpc) is 2.67. The summed E-state index contributed by atoms with van der Waals surface area (Å²) in [4.78, 5) is 0. The number of hydrogen-bond acceptors (Lipinski definition) is 4. The van der Waals surface area contributed by atoms with Crippen molar-refractivity contribution in [2.75, 3.05) is 11.1 Å². The Bertz CT molecular complexity index is 550. The summed E-state index contributed by atoms with van der Waals surface area (Å²) in [6, 6.07) is 9.14. The Morgan fingerprint density at radius 3 is 2.88 bits per heavy atom. The summed E-state index contributed by atoms with van der Waals surface area (Å²) < 4.78 is 1.69. The summed E-state index contributed by atoms with van der Waals surface area (Å²) in [6.07, 6.45) is 1.83. The number of para-hydroxylation sites is 1. The Labute approximate surface area is 93.1 Å². The maximum absolute atomic E-state index is 8.84. The lowest BCUT2D eigenvalue weighted by molar-refractivity contribution is 0.771. The van der Waals surface area contributed by atoms with Crippen LogP contribution in [0.5, 0.6) is 0 Å². The number of hydrogen-bond donors (Lipinski definition) is 2. The summed E-state index contributed by atoms with van der Waals surface area (Å²) in [5, 5.41) is 16.1. The number of anilines is 3. The highest BCUT2D eigenvalue weighted by Crippen LogP contribution is 2.24. The van der Waals surface area contributed by atoms with Crippen molar-refractivity contribution in [3.63, 3.8) is 0 Å². The molecule has 0 aliphatic rings. The van der Waals surface area contributed by atoms with Crippen molar-refractivity contribution in [3.8, 4) is 6.07 Å². The lowest BCUT2D eigenvalue weighted by Crippen LogP contribution is -1.99. The van der Waals surface area contributed by atoms with E-state index in [1.54, 1.807) is 16.8 Å². The number of nitrogens with zero attached hydrogens (tertiary/aromatic N) is 3. The van der Waals surface area contributed by atoms with Gasteiger partial charge in [-0.3, -0.25) is 4.68 Å². The topological polar surface area (TPSA) is 79.7 Å². The maximum Gasteiger partial charge on any atom is 0.152 e. The molecule has 0 amide bonds. The van der Waals surface area contributed by atoms with E-state index < -0.39 is 0 Å². The molecule has 16 heavy (non-hydrogen) atoms. The van der Waals surface area contributed by atoms with Crippen LogP contribution < -0.4 is 11.1 Å². The fourth-order valence-corrected chi connectivity index (χ4v) is 1.39. The van der Waals surface area contributed by atoms with E-state index in [9.17, 15) is 0 Å². The van der Waals surface area contributed by atoms with Crippen molar-refractivity contribution in [1.82, 2.24) is 9.78 Å². The first kappa shape index (κ1) is 10.1. The highest BCUT2D eigenvalue weighted by atomic mass is 15.3. The molecular formula is C11H11N5. The molecule has 0 saturated carbocycles. The highest BCUT2D eigenvalue weighted by Gasteiger charge is 2.05. The van der Waals surface area contributed by atoms with Gasteiger partial charge in [-0.1, -0.05) is 6.07 Å². The van der Waals surface area contributed by atoms with Crippen LogP contribution >= 0.6 is 0 Å². The maximum atomic E-state index is 8.84. The van der Waals surface area contributed by atoms with Crippen LogP contribution in [0.1, 0.15) is 5.56 Å². The molecule has 5 nitrogen and oxygen atoms in total. The fourth-order valence-electron chi connectivity index (χ4n) is 1.39. The molecule has 2 aromatic rings. The molecule has 0 aliphatic carbocycles. The van der Waals surface area contributed by atoms with Gasteiger partial charge in [-0.2, -0.15) is 10.4 Å². The van der Waals surface area contributed by atoms with E-state index >= 15 is 0 Å². The zero-order valence-corrected chi connectivity index (χ0v) is 8.81. The zero-order chi connectivity index (χ0) is 11.5. The number of rotatable bonds is 2. The van der Waals surface area contributed by atoms with Crippen LogP contribution in [-0.2, 0) is 7.05 Å². The molecule has 1 heterocycles. The molecule has 0 bridgehead atoms. The minimum absolute atomic E-state index is 0.440. The van der Waals surface area contributed by atoms with Gasteiger partial charge in [0.1, 0.15) is 6.07 Å². The second-order valence-electron chi connectivity index (χ2n) is 3.38. The van der Waals surface area contributed by atoms with Gasteiger partial charge in [-0.25, -0.2) is 0 Å². The smallest absolute Gasteiger partial charge is 0.152 e. The van der Waals surface area contributed by atoms with Crippen LogP contribution in [0, 0.1) is 11.3 Å². The van der Waals surface area contributed by atoms with Gasteiger partial charge in [0.05, 0.1) is 16.9 Å². The van der Waals surface area contributed by atoms with Crippen molar-refractivity contribution in [3.05, 3.63) is 36.0 Å². The molecular weight excluding hydrogens is 202 g/mol. The highest BCUT2D eigenvalue weighted by molar-refractivity contribution is 5.76. The molecule has 1 aromatic carbocycles. The molecule has 3 N–H and O–H groups in total. The minimum atomic E-state index is 0.440. The monoisotopic (exact) mass is 213 g/mol. The van der Waals surface area contributed by atoms with Gasteiger partial charge in [0, 0.05) is 19.3 Å². The van der Waals surface area contributed by atoms with Crippen LogP contribution in [0.25, 0.3) is 0 Å². The molecule has 0 fully saturated rings. The third kappa shape index (κ3) is 1.81. The largest absolute Gasteiger partial charge is 0.396 e. The van der Waals surface area contributed by atoms with Crippen LogP contribution in [0.4, 0.5) is 17.2 Å². The van der Waals surface area contributed by atoms with Crippen molar-refractivity contribution < 1.29 is 0 Å². The van der Waals surface area contributed by atoms with Crippen molar-refractivity contribution in [2.45, 2.75) is 0 Å². The standard InChI is InChI=1S/C11H11N5/c1-16-6-5-10(15-16)14-9-4-2-3-8(7-12)11(9)13/h2-6H,13H2,1H3,(H,14,15). The van der Waals surface area contributed by atoms with Gasteiger partial charge in [-0.15, -0.1) is 0 Å². The van der Waals surface area contributed by atoms with E-state index in [4.69, 9.17) is 11.0 Å². The molecule has 0 atom stereocenters. The summed E-state index contributed by atoms with van der Waals surface area (Å²) in [7, 11) is 1.83. The molecule has 0 saturated heterocycles. The van der Waals surface area contributed by atoms with Gasteiger partial charge in [0.15, 0.2) is 5.82 Å². The van der Waals surface area contributed by atoms with Crippen LogP contribution in [0.2, 0.25) is 0 Å². The van der Waals surface area contributed by atoms with E-state index in [0.717, 1.165) is 0 Å². The summed E-state index contributed by atoms with van der Waals surface area (Å²) in [5.41, 5.74) is 7.42. The molecule has 0 spiro atoms. The number of nitrogens with one attached hydrogen (secondary N) is 1. The Morgan fingerprint density at radius 1 is 1.44 bits per heavy atom. The predicted octanol–water partition coefficient (Wildman–Crippen LogP) is 1.62. The molecule has 1 aromatic heterocycles. The van der Waals surface area contributed by atoms with Crippen LogP contribution in [0.3, 0.4) is 0 Å². The van der Waals surface area contributed by atoms with E-state index in [1.807, 2.05) is 31.4 Å². The van der Waals surface area contributed by atoms with Crippen molar-refractivity contribution in [1.29, 1.82) is 5.26 Å². The van der Waals surface area contributed by atoms with Gasteiger partial charge in [0.2, 0.25) is 0 Å². The number of nitrogens with two attached hydrogens (primary N) is 1. The van der Waals surface area contributed by atoms with Gasteiger partial charge in [-0.05, 0) is 12.1 Å². The van der Waals surface area contributed by atoms with E-state index in [0.29, 0.717) is 22.8 Å². The summed E-state index contributed by atoms with van der Waals surface area (Å²) in [5.74, 6) is 0.698. The summed E-state index contributed by atoms with van der Waals surface area (Å²) >= 11 is 0. The van der Waals surface area contributed by atoms with Gasteiger partial charge >= 0.3 is 0 Å². The Balaban J connectivity index is 2.32. The molecule has 5 heteroatoms. The van der Waals surface area contributed by atoms with Gasteiger partial charge < -0.3 is 11.1 Å². The Kier molecular flexibility index (Phi) is 2.48. The second kappa shape index (κ2) is 3.95. The number of benzene rings is 1. The lowest BCUT2D eigenvalue weighted by Gasteiger charge is -2.07. The molecule has 0 aliphatic heterocycles. The lowest BCUT2D eigenvalue weighted by atomic mass is 10.1. The SMILES string of the molecule is Cn1ccc(Nc2cccc(C#N)c2N)n1. The number of aryl methyl sites for hydroxylation is 1. The molecule has 0 radical (unpaired) electrons. The number of nitrogen functional groups attached to an aromatic ring is 1. The van der Waals surface area contributed by atoms with Crippen LogP contribution in [0.15, 0.2) is 30.5 Å². The fraction of sp³-hybridized carbons (Fsp3) is 0.0909. The molecule has 2 rings (SSSR count). The Morgan fingerprint density at radius 2 is 2.25 bits per heavy atom. The van der Waals surface area contributed by atoms with Crippen molar-refractivity contribution >= 4 is 17.2 Å². The minimum Gasteiger partial charge on any atom is -0.396 e. The zero-order valence-electron chi connectivity index (χ0n) is 8.81. The average molecular weight is 213 g/mol. The number of aromatic nitrogens is 2. The third-order valence-electron chi connectivity index (χ3n) is 2.20. The first-order valence-electron chi connectivity index (χ1n) is 4.76. The van der Waals surface area contributed by atoms with Gasteiger partial charge in [0.25, 0.3) is 0 Å². The Hall–Kier alpha value is -2.48. The van der Waals surface area contributed by atoms with E-state index in [2.05, 4.69) is 10.4 Å².